The molecule has 0 saturated heterocycles. The van der Waals surface area contributed by atoms with Gasteiger partial charge in [-0.05, 0) is 39.0 Å². The van der Waals surface area contributed by atoms with Gasteiger partial charge < -0.3 is 5.11 Å². The Bertz CT molecular complexity index is 376. The van der Waals surface area contributed by atoms with Gasteiger partial charge in [0.1, 0.15) is 5.82 Å². The molecular formula is C13H20N2O. The van der Waals surface area contributed by atoms with Crippen LogP contribution in [0.1, 0.15) is 62.2 Å². The summed E-state index contributed by atoms with van der Waals surface area (Å²) in [7, 11) is 0. The van der Waals surface area contributed by atoms with E-state index in [0.717, 1.165) is 23.0 Å². The van der Waals surface area contributed by atoms with Crippen LogP contribution in [0.2, 0.25) is 0 Å². The Balaban J connectivity index is 2.21. The Morgan fingerprint density at radius 1 is 1.44 bits per heavy atom. The number of aliphatic hydroxyl groups is 1. The van der Waals surface area contributed by atoms with E-state index >= 15 is 0 Å². The predicted molar refractivity (Wildman–Crippen MR) is 63.2 cm³/mol. The van der Waals surface area contributed by atoms with Crippen LogP contribution in [-0.4, -0.2) is 15.1 Å². The van der Waals surface area contributed by atoms with Gasteiger partial charge in [-0.25, -0.2) is 9.97 Å². The Morgan fingerprint density at radius 3 is 2.69 bits per heavy atom. The predicted octanol–water partition coefficient (Wildman–Crippen LogP) is 2.74. The van der Waals surface area contributed by atoms with E-state index in [1.165, 1.54) is 19.3 Å². The maximum Gasteiger partial charge on any atom is 0.131 e. The van der Waals surface area contributed by atoms with Gasteiger partial charge in [0.2, 0.25) is 0 Å². The lowest BCUT2D eigenvalue weighted by atomic mass is 10.0. The molecule has 0 radical (unpaired) electrons. The minimum absolute atomic E-state index is 0.475. The highest BCUT2D eigenvalue weighted by Gasteiger charge is 2.25. The Labute approximate surface area is 96.9 Å². The highest BCUT2D eigenvalue weighted by atomic mass is 16.3. The van der Waals surface area contributed by atoms with E-state index in [9.17, 15) is 5.11 Å². The van der Waals surface area contributed by atoms with Crippen molar-refractivity contribution in [2.75, 3.05) is 0 Å². The van der Waals surface area contributed by atoms with Crippen molar-refractivity contribution in [2.45, 2.75) is 52.1 Å². The van der Waals surface area contributed by atoms with Gasteiger partial charge in [-0.1, -0.05) is 6.92 Å². The minimum Gasteiger partial charge on any atom is -0.389 e. The SMILES string of the molecule is Cc1nc(C2CCC(C)C2)ncc1C(C)O. The summed E-state index contributed by atoms with van der Waals surface area (Å²) >= 11 is 0. The fraction of sp³-hybridized carbons (Fsp3) is 0.692. The van der Waals surface area contributed by atoms with Crippen molar-refractivity contribution in [3.8, 4) is 0 Å². The molecule has 0 spiro atoms. The quantitative estimate of drug-likeness (QED) is 0.833. The van der Waals surface area contributed by atoms with Crippen LogP contribution in [0.25, 0.3) is 0 Å². The van der Waals surface area contributed by atoms with Gasteiger partial charge in [-0.3, -0.25) is 0 Å². The molecule has 0 bridgehead atoms. The van der Waals surface area contributed by atoms with Crippen molar-refractivity contribution in [2.24, 2.45) is 5.92 Å². The number of hydrogen-bond acceptors (Lipinski definition) is 3. The topological polar surface area (TPSA) is 46.0 Å². The third-order valence-corrected chi connectivity index (χ3v) is 3.55. The number of aromatic nitrogens is 2. The maximum atomic E-state index is 9.52. The monoisotopic (exact) mass is 220 g/mol. The molecule has 1 aliphatic rings. The van der Waals surface area contributed by atoms with Crippen LogP contribution in [-0.2, 0) is 0 Å². The molecule has 16 heavy (non-hydrogen) atoms. The first kappa shape index (κ1) is 11.5. The largest absolute Gasteiger partial charge is 0.389 e. The van der Waals surface area contributed by atoms with Crippen molar-refractivity contribution in [1.82, 2.24) is 9.97 Å². The van der Waals surface area contributed by atoms with Gasteiger partial charge in [0.15, 0.2) is 0 Å². The van der Waals surface area contributed by atoms with Crippen LogP contribution in [0, 0.1) is 12.8 Å². The molecule has 0 aliphatic heterocycles. The molecule has 0 amide bonds. The summed E-state index contributed by atoms with van der Waals surface area (Å²) < 4.78 is 0. The molecule has 3 nitrogen and oxygen atoms in total. The molecule has 0 aromatic carbocycles. The van der Waals surface area contributed by atoms with Gasteiger partial charge in [0, 0.05) is 23.4 Å². The normalized spacial score (nSPS) is 27.0. The number of nitrogens with zero attached hydrogens (tertiary/aromatic N) is 2. The summed E-state index contributed by atoms with van der Waals surface area (Å²) in [5.74, 6) is 2.29. The molecule has 3 heteroatoms. The van der Waals surface area contributed by atoms with Gasteiger partial charge in [0.05, 0.1) is 6.10 Å². The summed E-state index contributed by atoms with van der Waals surface area (Å²) in [5.41, 5.74) is 1.76. The van der Waals surface area contributed by atoms with Gasteiger partial charge >= 0.3 is 0 Å². The molecule has 3 unspecified atom stereocenters. The fourth-order valence-electron chi connectivity index (χ4n) is 2.54. The second-order valence-electron chi connectivity index (χ2n) is 5.06. The lowest BCUT2D eigenvalue weighted by Crippen LogP contribution is -2.06. The van der Waals surface area contributed by atoms with E-state index in [0.29, 0.717) is 5.92 Å². The zero-order valence-electron chi connectivity index (χ0n) is 10.3. The van der Waals surface area contributed by atoms with Crippen LogP contribution < -0.4 is 0 Å². The smallest absolute Gasteiger partial charge is 0.131 e. The summed E-state index contributed by atoms with van der Waals surface area (Å²) in [5, 5.41) is 9.52. The van der Waals surface area contributed by atoms with Gasteiger partial charge in [0.25, 0.3) is 0 Å². The van der Waals surface area contributed by atoms with E-state index in [1.54, 1.807) is 13.1 Å². The summed E-state index contributed by atoms with van der Waals surface area (Å²) in [6, 6.07) is 0. The first-order chi connectivity index (χ1) is 7.58. The number of aliphatic hydroxyl groups excluding tert-OH is 1. The molecule has 2 rings (SSSR count). The second kappa shape index (κ2) is 4.50. The van der Waals surface area contributed by atoms with Crippen LogP contribution >= 0.6 is 0 Å². The number of aryl methyl sites for hydroxylation is 1. The second-order valence-corrected chi connectivity index (χ2v) is 5.06. The Hall–Kier alpha value is -0.960. The molecule has 1 N–H and O–H groups in total. The van der Waals surface area contributed by atoms with Crippen LogP contribution in [0.15, 0.2) is 6.20 Å². The molecule has 1 heterocycles. The van der Waals surface area contributed by atoms with E-state index in [-0.39, 0.29) is 0 Å². The molecule has 3 atom stereocenters. The van der Waals surface area contributed by atoms with Crippen molar-refractivity contribution >= 4 is 0 Å². The average Bonchev–Trinajstić information content (AvgIpc) is 2.64. The van der Waals surface area contributed by atoms with Crippen molar-refractivity contribution in [3.05, 3.63) is 23.3 Å². The summed E-state index contributed by atoms with van der Waals surface area (Å²) in [6.07, 6.45) is 5.00. The average molecular weight is 220 g/mol. The van der Waals surface area contributed by atoms with Crippen LogP contribution in [0.3, 0.4) is 0 Å². The first-order valence-corrected chi connectivity index (χ1v) is 6.09. The lowest BCUT2D eigenvalue weighted by Gasteiger charge is -2.12. The zero-order chi connectivity index (χ0) is 11.7. The summed E-state index contributed by atoms with van der Waals surface area (Å²) in [6.45, 7) is 5.99. The minimum atomic E-state index is -0.475. The first-order valence-electron chi connectivity index (χ1n) is 6.09. The van der Waals surface area contributed by atoms with Crippen molar-refractivity contribution in [1.29, 1.82) is 0 Å². The van der Waals surface area contributed by atoms with E-state index in [4.69, 9.17) is 0 Å². The fourth-order valence-corrected chi connectivity index (χ4v) is 2.54. The van der Waals surface area contributed by atoms with Crippen molar-refractivity contribution in [3.63, 3.8) is 0 Å². The van der Waals surface area contributed by atoms with E-state index in [2.05, 4.69) is 16.9 Å². The van der Waals surface area contributed by atoms with Gasteiger partial charge in [-0.15, -0.1) is 0 Å². The Kier molecular flexibility index (Phi) is 3.24. The highest BCUT2D eigenvalue weighted by Crippen LogP contribution is 2.36. The van der Waals surface area contributed by atoms with Crippen molar-refractivity contribution < 1.29 is 5.11 Å². The molecule has 1 saturated carbocycles. The van der Waals surface area contributed by atoms with Gasteiger partial charge in [-0.2, -0.15) is 0 Å². The number of hydrogen-bond donors (Lipinski definition) is 1. The molecular weight excluding hydrogens is 200 g/mol. The molecule has 1 aromatic rings. The Morgan fingerprint density at radius 2 is 2.19 bits per heavy atom. The molecule has 1 aromatic heterocycles. The standard InChI is InChI=1S/C13H20N2O/c1-8-4-5-11(6-8)13-14-7-12(10(3)16)9(2)15-13/h7-8,10-11,16H,4-6H2,1-3H3. The molecule has 1 fully saturated rings. The zero-order valence-corrected chi connectivity index (χ0v) is 10.3. The summed E-state index contributed by atoms with van der Waals surface area (Å²) in [4.78, 5) is 8.95. The number of rotatable bonds is 2. The van der Waals surface area contributed by atoms with E-state index in [1.807, 2.05) is 6.92 Å². The molecule has 1 aliphatic carbocycles. The lowest BCUT2D eigenvalue weighted by molar-refractivity contribution is 0.197. The highest BCUT2D eigenvalue weighted by molar-refractivity contribution is 5.19. The maximum absolute atomic E-state index is 9.52. The molecule has 88 valence electrons. The van der Waals surface area contributed by atoms with Crippen LogP contribution in [0.5, 0.6) is 0 Å². The third-order valence-electron chi connectivity index (χ3n) is 3.55. The van der Waals surface area contributed by atoms with E-state index < -0.39 is 6.10 Å². The third kappa shape index (κ3) is 2.24. The van der Waals surface area contributed by atoms with Crippen LogP contribution in [0.4, 0.5) is 0 Å².